The molecule has 0 fully saturated rings. The summed E-state index contributed by atoms with van der Waals surface area (Å²) in [6.45, 7) is 5.49. The van der Waals surface area contributed by atoms with E-state index in [4.69, 9.17) is 14.2 Å². The highest BCUT2D eigenvalue weighted by atomic mass is 16.5. The van der Waals surface area contributed by atoms with Gasteiger partial charge in [-0.25, -0.2) is 4.79 Å². The molecule has 0 atom stereocenters. The van der Waals surface area contributed by atoms with Gasteiger partial charge in [0.1, 0.15) is 5.75 Å². The summed E-state index contributed by atoms with van der Waals surface area (Å²) in [7, 11) is 1.67. The molecule has 0 aliphatic rings. The molecular formula is C20H26O4. The lowest BCUT2D eigenvalue weighted by Crippen LogP contribution is -2.10. The Morgan fingerprint density at radius 2 is 1.83 bits per heavy atom. The number of aryl methyl sites for hydroxylation is 1. The van der Waals surface area contributed by atoms with Crippen molar-refractivity contribution in [3.63, 3.8) is 0 Å². The summed E-state index contributed by atoms with van der Waals surface area (Å²) in [5.74, 6) is 0.443. The molecule has 0 amide bonds. The second-order valence-corrected chi connectivity index (χ2v) is 5.61. The van der Waals surface area contributed by atoms with Gasteiger partial charge in [0.05, 0.1) is 18.8 Å². The minimum absolute atomic E-state index is 0.284. The number of hydrogen-bond acceptors (Lipinski definition) is 4. The van der Waals surface area contributed by atoms with Gasteiger partial charge in [0.2, 0.25) is 0 Å². The van der Waals surface area contributed by atoms with E-state index in [1.807, 2.05) is 37.3 Å². The van der Waals surface area contributed by atoms with Gasteiger partial charge in [0.15, 0.2) is 0 Å². The molecule has 0 unspecified atom stereocenters. The van der Waals surface area contributed by atoms with Crippen LogP contribution in [-0.2, 0) is 15.9 Å². The van der Waals surface area contributed by atoms with E-state index >= 15 is 0 Å². The molecule has 2 aromatic carbocycles. The van der Waals surface area contributed by atoms with E-state index in [0.29, 0.717) is 25.4 Å². The second kappa shape index (κ2) is 9.28. The Labute approximate surface area is 143 Å². The zero-order chi connectivity index (χ0) is 17.4. The first-order valence-electron chi connectivity index (χ1n) is 8.56. The number of rotatable bonds is 9. The molecule has 130 valence electrons. The fourth-order valence-electron chi connectivity index (χ4n) is 2.82. The molecule has 0 saturated carbocycles. The average molecular weight is 330 g/mol. The highest BCUT2D eigenvalue weighted by Crippen LogP contribution is 2.33. The Morgan fingerprint density at radius 3 is 2.50 bits per heavy atom. The van der Waals surface area contributed by atoms with Crippen molar-refractivity contribution < 1.29 is 19.0 Å². The smallest absolute Gasteiger partial charge is 0.338 e. The number of benzene rings is 2. The lowest BCUT2D eigenvalue weighted by atomic mass is 9.95. The Kier molecular flexibility index (Phi) is 7.07. The van der Waals surface area contributed by atoms with Crippen LogP contribution in [-0.4, -0.2) is 32.9 Å². The molecule has 0 aromatic heterocycles. The third-order valence-electron chi connectivity index (χ3n) is 3.86. The predicted molar refractivity (Wildman–Crippen MR) is 95.9 cm³/mol. The Balaban J connectivity index is 2.48. The van der Waals surface area contributed by atoms with Gasteiger partial charge < -0.3 is 14.2 Å². The topological polar surface area (TPSA) is 44.8 Å². The third kappa shape index (κ3) is 4.26. The first-order chi connectivity index (χ1) is 11.7. The monoisotopic (exact) mass is 330 g/mol. The van der Waals surface area contributed by atoms with Crippen molar-refractivity contribution in [2.45, 2.75) is 33.1 Å². The number of carbonyl (C=O) groups excluding carboxylic acids is 1. The zero-order valence-electron chi connectivity index (χ0n) is 14.8. The van der Waals surface area contributed by atoms with E-state index in [0.717, 1.165) is 41.3 Å². The van der Waals surface area contributed by atoms with Crippen LogP contribution in [0.2, 0.25) is 0 Å². The number of methoxy groups -OCH3 is 1. The summed E-state index contributed by atoms with van der Waals surface area (Å²) in [6.07, 6.45) is 2.60. The summed E-state index contributed by atoms with van der Waals surface area (Å²) < 4.78 is 16.2. The fraction of sp³-hybridized carbons (Fsp3) is 0.450. The molecule has 0 heterocycles. The van der Waals surface area contributed by atoms with Crippen LogP contribution in [0.5, 0.6) is 5.75 Å². The van der Waals surface area contributed by atoms with Crippen LogP contribution in [0.15, 0.2) is 30.3 Å². The van der Waals surface area contributed by atoms with Crippen LogP contribution < -0.4 is 4.74 Å². The first-order valence-corrected chi connectivity index (χ1v) is 8.56. The highest BCUT2D eigenvalue weighted by Gasteiger charge is 2.18. The van der Waals surface area contributed by atoms with Gasteiger partial charge in [-0.05, 0) is 30.4 Å². The lowest BCUT2D eigenvalue weighted by molar-refractivity contribution is 0.0524. The summed E-state index contributed by atoms with van der Waals surface area (Å²) >= 11 is 0. The minimum Gasteiger partial charge on any atom is -0.493 e. The van der Waals surface area contributed by atoms with E-state index in [9.17, 15) is 4.79 Å². The third-order valence-corrected chi connectivity index (χ3v) is 3.86. The van der Waals surface area contributed by atoms with Crippen LogP contribution in [0, 0.1) is 0 Å². The second-order valence-electron chi connectivity index (χ2n) is 5.61. The average Bonchev–Trinajstić information content (AvgIpc) is 2.60. The SMILES string of the molecule is CCCc1c(C(=O)OCC)cc(OCCCOC)c2ccccc12. The maximum absolute atomic E-state index is 12.4. The predicted octanol–water partition coefficient (Wildman–Crippen LogP) is 4.38. The van der Waals surface area contributed by atoms with Crippen LogP contribution in [0.4, 0.5) is 0 Å². The number of hydrogen-bond donors (Lipinski definition) is 0. The summed E-state index contributed by atoms with van der Waals surface area (Å²) in [6, 6.07) is 9.90. The summed E-state index contributed by atoms with van der Waals surface area (Å²) in [4.78, 5) is 12.4. The maximum atomic E-state index is 12.4. The fourth-order valence-corrected chi connectivity index (χ4v) is 2.82. The van der Waals surface area contributed by atoms with Crippen molar-refractivity contribution in [2.75, 3.05) is 26.9 Å². The highest BCUT2D eigenvalue weighted by molar-refractivity contribution is 6.01. The van der Waals surface area contributed by atoms with Crippen molar-refractivity contribution in [1.82, 2.24) is 0 Å². The van der Waals surface area contributed by atoms with Crippen molar-refractivity contribution in [1.29, 1.82) is 0 Å². The van der Waals surface area contributed by atoms with Crippen LogP contribution in [0.3, 0.4) is 0 Å². The standard InChI is InChI=1S/C20H26O4/c1-4-9-15-16-10-6-7-11-17(16)19(24-13-8-12-22-3)14-18(15)20(21)23-5-2/h6-7,10-11,14H,4-5,8-9,12-13H2,1-3H3. The molecule has 24 heavy (non-hydrogen) atoms. The molecule has 0 N–H and O–H groups in total. The van der Waals surface area contributed by atoms with E-state index in [2.05, 4.69) is 6.92 Å². The molecule has 4 heteroatoms. The molecule has 0 aliphatic carbocycles. The van der Waals surface area contributed by atoms with E-state index < -0.39 is 0 Å². The van der Waals surface area contributed by atoms with Crippen LogP contribution >= 0.6 is 0 Å². The Bertz CT molecular complexity index is 679. The number of esters is 1. The van der Waals surface area contributed by atoms with Gasteiger partial charge in [0, 0.05) is 25.5 Å². The van der Waals surface area contributed by atoms with E-state index in [1.165, 1.54) is 0 Å². The number of ether oxygens (including phenoxy) is 3. The van der Waals surface area contributed by atoms with Gasteiger partial charge >= 0.3 is 5.97 Å². The molecule has 0 radical (unpaired) electrons. The van der Waals surface area contributed by atoms with Gasteiger partial charge in [-0.1, -0.05) is 37.6 Å². The van der Waals surface area contributed by atoms with Gasteiger partial charge in [-0.3, -0.25) is 0 Å². The Morgan fingerprint density at radius 1 is 1.08 bits per heavy atom. The van der Waals surface area contributed by atoms with Crippen molar-refractivity contribution >= 4 is 16.7 Å². The summed E-state index contributed by atoms with van der Waals surface area (Å²) in [5, 5.41) is 2.10. The number of fused-ring (bicyclic) bond motifs is 1. The number of carbonyl (C=O) groups is 1. The lowest BCUT2D eigenvalue weighted by Gasteiger charge is -2.16. The molecule has 0 saturated heterocycles. The first kappa shape index (κ1) is 18.3. The van der Waals surface area contributed by atoms with Crippen LogP contribution in [0.25, 0.3) is 10.8 Å². The molecule has 2 rings (SSSR count). The molecule has 2 aromatic rings. The van der Waals surface area contributed by atoms with Gasteiger partial charge in [-0.2, -0.15) is 0 Å². The quantitative estimate of drug-likeness (QED) is 0.505. The van der Waals surface area contributed by atoms with E-state index in [1.54, 1.807) is 7.11 Å². The molecule has 4 nitrogen and oxygen atoms in total. The maximum Gasteiger partial charge on any atom is 0.338 e. The minimum atomic E-state index is -0.284. The molecule has 0 aliphatic heterocycles. The van der Waals surface area contributed by atoms with Crippen molar-refractivity contribution in [3.8, 4) is 5.75 Å². The van der Waals surface area contributed by atoms with Gasteiger partial charge in [0.25, 0.3) is 0 Å². The summed E-state index contributed by atoms with van der Waals surface area (Å²) in [5.41, 5.74) is 1.65. The van der Waals surface area contributed by atoms with E-state index in [-0.39, 0.29) is 5.97 Å². The molecule has 0 bridgehead atoms. The largest absolute Gasteiger partial charge is 0.493 e. The Hall–Kier alpha value is -2.07. The van der Waals surface area contributed by atoms with Gasteiger partial charge in [-0.15, -0.1) is 0 Å². The van der Waals surface area contributed by atoms with Crippen LogP contribution in [0.1, 0.15) is 42.6 Å². The van der Waals surface area contributed by atoms with Crippen molar-refractivity contribution in [2.24, 2.45) is 0 Å². The molecule has 0 spiro atoms. The zero-order valence-corrected chi connectivity index (χ0v) is 14.8. The van der Waals surface area contributed by atoms with Crippen molar-refractivity contribution in [3.05, 3.63) is 41.5 Å². The molecular weight excluding hydrogens is 304 g/mol. The normalized spacial score (nSPS) is 10.8.